The topological polar surface area (TPSA) is 51.8 Å². The predicted octanol–water partition coefficient (Wildman–Crippen LogP) is 14.5. The number of aromatic nitrogens is 3. The van der Waals surface area contributed by atoms with Gasteiger partial charge in [0.2, 0.25) is 0 Å². The molecule has 0 spiro atoms. The van der Waals surface area contributed by atoms with E-state index >= 15 is 0 Å². The Balaban J connectivity index is 0.988. The number of furan rings is 1. The minimum Gasteiger partial charge on any atom is -0.455 e. The molecule has 2 heterocycles. The zero-order valence-electron chi connectivity index (χ0n) is 33.6. The van der Waals surface area contributed by atoms with E-state index in [1.165, 1.54) is 33.4 Å². The van der Waals surface area contributed by atoms with Gasteiger partial charge in [0.25, 0.3) is 0 Å². The quantitative estimate of drug-likeness (QED) is 0.161. The summed E-state index contributed by atoms with van der Waals surface area (Å²) in [4.78, 5) is 15.4. The molecule has 4 heteroatoms. The van der Waals surface area contributed by atoms with Crippen molar-refractivity contribution in [2.45, 2.75) is 5.41 Å². The summed E-state index contributed by atoms with van der Waals surface area (Å²) in [7, 11) is 0. The lowest BCUT2D eigenvalue weighted by molar-refractivity contribution is 0.670. The third kappa shape index (κ3) is 5.65. The summed E-state index contributed by atoms with van der Waals surface area (Å²) in [5, 5.41) is 2.22. The first kappa shape index (κ1) is 35.7. The third-order valence-corrected chi connectivity index (χ3v) is 12.4. The minimum absolute atomic E-state index is 0.482. The zero-order valence-corrected chi connectivity index (χ0v) is 33.6. The van der Waals surface area contributed by atoms with Crippen LogP contribution < -0.4 is 0 Å². The average molecular weight is 792 g/mol. The summed E-state index contributed by atoms with van der Waals surface area (Å²) in [6.07, 6.45) is 0. The first-order chi connectivity index (χ1) is 30.7. The molecular formula is C58H37N3O. The molecule has 12 rings (SSSR count). The van der Waals surface area contributed by atoms with E-state index in [1.807, 2.05) is 42.5 Å². The Labute approximate surface area is 359 Å². The standard InChI is InChI=1S/C58H37N3O/c1-4-17-39(18-5-1)55-59-56(40-35-33-38(34-36-40)46-28-15-29-48-47-25-11-13-32-52(47)62-54(46)48)61-57(60-55)42-20-14-19-41(37-42)45-27-16-31-51-53(45)49-26-10-12-30-50(49)58(51,43-21-6-2-7-22-43)44-23-8-3-9-24-44/h1-37H. The van der Waals surface area contributed by atoms with Gasteiger partial charge in [0.15, 0.2) is 17.5 Å². The fourth-order valence-electron chi connectivity index (χ4n) is 9.68. The van der Waals surface area contributed by atoms with Crippen LogP contribution in [-0.2, 0) is 5.41 Å². The smallest absolute Gasteiger partial charge is 0.164 e. The van der Waals surface area contributed by atoms with Crippen molar-refractivity contribution in [3.8, 4) is 67.5 Å². The van der Waals surface area contributed by atoms with Gasteiger partial charge in [-0.15, -0.1) is 0 Å². The molecule has 0 saturated carbocycles. The Bertz CT molecular complexity index is 3410. The SMILES string of the molecule is c1ccc(-c2nc(-c3ccc(-c4cccc5c4oc4ccccc45)cc3)nc(-c3cccc(-c4cccc5c4-c4ccccc4C5(c4ccccc4)c4ccccc4)c3)n2)cc1. The molecule has 0 unspecified atom stereocenters. The molecule has 0 amide bonds. The molecule has 0 bridgehead atoms. The van der Waals surface area contributed by atoms with E-state index in [4.69, 9.17) is 19.4 Å². The summed E-state index contributed by atoms with van der Waals surface area (Å²) < 4.78 is 6.38. The highest BCUT2D eigenvalue weighted by Gasteiger charge is 2.46. The summed E-state index contributed by atoms with van der Waals surface area (Å²) in [5.74, 6) is 1.85. The van der Waals surface area contributed by atoms with Crippen LogP contribution in [0.2, 0.25) is 0 Å². The van der Waals surface area contributed by atoms with Crippen LogP contribution in [0, 0.1) is 0 Å². The maximum atomic E-state index is 6.38. The van der Waals surface area contributed by atoms with Gasteiger partial charge in [-0.3, -0.25) is 0 Å². The van der Waals surface area contributed by atoms with Crippen molar-refractivity contribution in [3.63, 3.8) is 0 Å². The van der Waals surface area contributed by atoms with Gasteiger partial charge in [-0.2, -0.15) is 0 Å². The molecule has 2 aromatic heterocycles. The molecule has 9 aromatic carbocycles. The highest BCUT2D eigenvalue weighted by Crippen LogP contribution is 2.58. The molecule has 62 heavy (non-hydrogen) atoms. The van der Waals surface area contributed by atoms with Gasteiger partial charge < -0.3 is 4.42 Å². The van der Waals surface area contributed by atoms with Crippen LogP contribution in [0.3, 0.4) is 0 Å². The number of para-hydroxylation sites is 2. The van der Waals surface area contributed by atoms with Crippen LogP contribution in [0.1, 0.15) is 22.3 Å². The van der Waals surface area contributed by atoms with E-state index in [9.17, 15) is 0 Å². The van der Waals surface area contributed by atoms with Crippen LogP contribution in [-0.4, -0.2) is 15.0 Å². The van der Waals surface area contributed by atoms with Crippen molar-refractivity contribution in [2.75, 3.05) is 0 Å². The lowest BCUT2D eigenvalue weighted by Gasteiger charge is -2.34. The summed E-state index contributed by atoms with van der Waals surface area (Å²) in [6, 6.07) is 79.3. The van der Waals surface area contributed by atoms with E-state index < -0.39 is 5.41 Å². The van der Waals surface area contributed by atoms with Gasteiger partial charge in [0.05, 0.1) is 5.41 Å². The number of benzene rings is 9. The molecule has 0 radical (unpaired) electrons. The average Bonchev–Trinajstić information content (AvgIpc) is 3.89. The Morgan fingerprint density at radius 3 is 1.55 bits per heavy atom. The number of fused-ring (bicyclic) bond motifs is 6. The van der Waals surface area contributed by atoms with Crippen molar-refractivity contribution >= 4 is 21.9 Å². The lowest BCUT2D eigenvalue weighted by Crippen LogP contribution is -2.28. The van der Waals surface area contributed by atoms with Crippen molar-refractivity contribution in [1.29, 1.82) is 0 Å². The molecule has 0 N–H and O–H groups in total. The molecule has 0 fully saturated rings. The van der Waals surface area contributed by atoms with E-state index in [0.29, 0.717) is 17.5 Å². The third-order valence-electron chi connectivity index (χ3n) is 12.4. The summed E-state index contributed by atoms with van der Waals surface area (Å²) in [6.45, 7) is 0. The van der Waals surface area contributed by atoms with Gasteiger partial charge in [-0.05, 0) is 62.2 Å². The fourth-order valence-corrected chi connectivity index (χ4v) is 9.68. The Morgan fingerprint density at radius 2 is 0.806 bits per heavy atom. The zero-order chi connectivity index (χ0) is 41.0. The summed E-state index contributed by atoms with van der Waals surface area (Å²) >= 11 is 0. The largest absolute Gasteiger partial charge is 0.455 e. The van der Waals surface area contributed by atoms with Crippen molar-refractivity contribution in [3.05, 3.63) is 247 Å². The van der Waals surface area contributed by atoms with Gasteiger partial charge >= 0.3 is 0 Å². The molecule has 0 saturated heterocycles. The monoisotopic (exact) mass is 791 g/mol. The molecule has 1 aliphatic rings. The van der Waals surface area contributed by atoms with E-state index in [2.05, 4.69) is 182 Å². The lowest BCUT2D eigenvalue weighted by atomic mass is 9.67. The Hall–Kier alpha value is -8.21. The predicted molar refractivity (Wildman–Crippen MR) is 252 cm³/mol. The Morgan fingerprint density at radius 1 is 0.323 bits per heavy atom. The molecule has 290 valence electrons. The van der Waals surface area contributed by atoms with Crippen molar-refractivity contribution in [1.82, 2.24) is 15.0 Å². The molecule has 4 nitrogen and oxygen atoms in total. The van der Waals surface area contributed by atoms with E-state index in [1.54, 1.807) is 0 Å². The molecule has 0 aliphatic heterocycles. The second kappa shape index (κ2) is 14.5. The van der Waals surface area contributed by atoms with Crippen molar-refractivity contribution < 1.29 is 4.42 Å². The number of rotatable bonds is 7. The van der Waals surface area contributed by atoms with E-state index in [0.717, 1.165) is 60.9 Å². The number of hydrogen-bond donors (Lipinski definition) is 0. The highest BCUT2D eigenvalue weighted by molar-refractivity contribution is 6.09. The minimum atomic E-state index is -0.482. The maximum Gasteiger partial charge on any atom is 0.164 e. The second-order valence-electron chi connectivity index (χ2n) is 15.9. The van der Waals surface area contributed by atoms with E-state index in [-0.39, 0.29) is 0 Å². The molecule has 0 atom stereocenters. The molecular weight excluding hydrogens is 755 g/mol. The number of hydrogen-bond acceptors (Lipinski definition) is 4. The first-order valence-corrected chi connectivity index (χ1v) is 21.0. The van der Waals surface area contributed by atoms with Crippen LogP contribution in [0.25, 0.3) is 89.5 Å². The van der Waals surface area contributed by atoms with Gasteiger partial charge in [-0.1, -0.05) is 212 Å². The molecule has 11 aromatic rings. The Kier molecular flexibility index (Phi) is 8.36. The molecule has 1 aliphatic carbocycles. The normalized spacial score (nSPS) is 12.6. The van der Waals surface area contributed by atoms with Crippen LogP contribution in [0.15, 0.2) is 229 Å². The van der Waals surface area contributed by atoms with Crippen LogP contribution in [0.4, 0.5) is 0 Å². The number of nitrogens with zero attached hydrogens (tertiary/aromatic N) is 3. The first-order valence-electron chi connectivity index (χ1n) is 21.0. The summed E-state index contributed by atoms with van der Waals surface area (Å²) in [5.41, 5.74) is 15.9. The maximum absolute atomic E-state index is 6.38. The van der Waals surface area contributed by atoms with Crippen LogP contribution in [0.5, 0.6) is 0 Å². The van der Waals surface area contributed by atoms with Gasteiger partial charge in [-0.25, -0.2) is 15.0 Å². The highest BCUT2D eigenvalue weighted by atomic mass is 16.3. The van der Waals surface area contributed by atoms with Crippen molar-refractivity contribution in [2.24, 2.45) is 0 Å². The second-order valence-corrected chi connectivity index (χ2v) is 15.9. The fraction of sp³-hybridized carbons (Fsp3) is 0.0172. The van der Waals surface area contributed by atoms with Gasteiger partial charge in [0, 0.05) is 33.0 Å². The van der Waals surface area contributed by atoms with Crippen LogP contribution >= 0.6 is 0 Å². The van der Waals surface area contributed by atoms with Gasteiger partial charge in [0.1, 0.15) is 11.2 Å².